The van der Waals surface area contributed by atoms with E-state index in [1.807, 2.05) is 71.3 Å². The fourth-order valence-corrected chi connectivity index (χ4v) is 6.66. The van der Waals surface area contributed by atoms with E-state index in [9.17, 15) is 23.1 Å². The van der Waals surface area contributed by atoms with Crippen LogP contribution in [0.5, 0.6) is 0 Å². The Balaban J connectivity index is 1.33. The summed E-state index contributed by atoms with van der Waals surface area (Å²) in [5.41, 5.74) is 3.26. The minimum absolute atomic E-state index is 0.107. The highest BCUT2D eigenvalue weighted by Crippen LogP contribution is 2.41. The van der Waals surface area contributed by atoms with E-state index in [0.29, 0.717) is 28.8 Å². The lowest BCUT2D eigenvalue weighted by Gasteiger charge is -2.26. The average molecular weight is 586 g/mol. The first-order valence-electron chi connectivity index (χ1n) is 14.8. The third-order valence-electron chi connectivity index (χ3n) is 8.69. The summed E-state index contributed by atoms with van der Waals surface area (Å²) in [5, 5.41) is 13.8. The maximum absolute atomic E-state index is 14.1. The molecule has 5 nitrogen and oxygen atoms in total. The lowest BCUT2D eigenvalue weighted by atomic mass is 9.83. The number of alkyl halides is 3. The Labute approximate surface area is 248 Å². The van der Waals surface area contributed by atoms with E-state index in [0.717, 1.165) is 48.4 Å². The number of para-hydroxylation sites is 1. The number of benzene rings is 3. The number of carbonyl (C=O) groups is 1. The van der Waals surface area contributed by atoms with Gasteiger partial charge >= 0.3 is 6.18 Å². The van der Waals surface area contributed by atoms with Gasteiger partial charge in [0.05, 0.1) is 29.6 Å². The van der Waals surface area contributed by atoms with Crippen molar-refractivity contribution in [1.82, 2.24) is 14.9 Å². The van der Waals surface area contributed by atoms with E-state index in [1.54, 1.807) is 19.1 Å². The number of aliphatic hydroxyl groups excluding tert-OH is 1. The standard InChI is InChI=1S/C35H34F3N3O2/c1-22-19-28(35(36,37)38)32-27-13-7-8-14-30(27)41(33(32)39-22)20-23-15-17-26(18-16-23)31(25-11-5-6-12-25)34(43)40-29(21-42)24-9-3-2-4-10-24/h2-4,7-10,13-19,25,29,31,42H,5-6,11-12,20-21H2,1H3,(H,40,43)/t29-,31-/m0/s1. The molecule has 5 aromatic rings. The van der Waals surface area contributed by atoms with Gasteiger partial charge in [-0.2, -0.15) is 13.2 Å². The van der Waals surface area contributed by atoms with Gasteiger partial charge in [-0.3, -0.25) is 4.79 Å². The van der Waals surface area contributed by atoms with Gasteiger partial charge < -0.3 is 15.0 Å². The largest absolute Gasteiger partial charge is 0.417 e. The molecule has 0 radical (unpaired) electrons. The SMILES string of the molecule is Cc1cc(C(F)(F)F)c2c3ccccc3n(Cc3ccc([C@@H](C(=O)N[C@@H](CO)c4ccccc4)C4CCCC4)cc3)c2n1. The normalized spacial score (nSPS) is 15.7. The average Bonchev–Trinajstić information content (AvgIpc) is 3.63. The van der Waals surface area contributed by atoms with Crippen LogP contribution in [0.15, 0.2) is 84.9 Å². The van der Waals surface area contributed by atoms with Crippen molar-refractivity contribution in [3.05, 3.63) is 113 Å². The predicted molar refractivity (Wildman–Crippen MR) is 162 cm³/mol. The van der Waals surface area contributed by atoms with Crippen LogP contribution >= 0.6 is 0 Å². The Morgan fingerprint density at radius 3 is 2.33 bits per heavy atom. The van der Waals surface area contributed by atoms with E-state index in [4.69, 9.17) is 0 Å². The Morgan fingerprint density at radius 2 is 1.65 bits per heavy atom. The molecule has 2 aromatic heterocycles. The van der Waals surface area contributed by atoms with E-state index in [2.05, 4.69) is 10.3 Å². The number of pyridine rings is 1. The molecule has 1 amide bonds. The number of carbonyl (C=O) groups excluding carboxylic acids is 1. The molecular weight excluding hydrogens is 551 g/mol. The zero-order chi connectivity index (χ0) is 30.1. The maximum Gasteiger partial charge on any atom is 0.417 e. The molecule has 3 aromatic carbocycles. The molecule has 0 saturated heterocycles. The summed E-state index contributed by atoms with van der Waals surface area (Å²) < 4.78 is 44.1. The Bertz CT molecular complexity index is 1740. The Hall–Kier alpha value is -4.17. The first kappa shape index (κ1) is 28.9. The van der Waals surface area contributed by atoms with Crippen LogP contribution < -0.4 is 5.32 Å². The molecule has 8 heteroatoms. The molecule has 2 N–H and O–H groups in total. The number of amides is 1. The molecule has 43 heavy (non-hydrogen) atoms. The predicted octanol–water partition coefficient (Wildman–Crippen LogP) is 7.69. The number of nitrogens with one attached hydrogen (secondary N) is 1. The highest BCUT2D eigenvalue weighted by Gasteiger charge is 2.36. The van der Waals surface area contributed by atoms with Crippen LogP contribution in [0.25, 0.3) is 21.9 Å². The van der Waals surface area contributed by atoms with Crippen LogP contribution in [0, 0.1) is 12.8 Å². The summed E-state index contributed by atoms with van der Waals surface area (Å²) in [6, 6.07) is 25.0. The minimum Gasteiger partial charge on any atom is -0.394 e. The van der Waals surface area contributed by atoms with Crippen molar-refractivity contribution in [3.8, 4) is 0 Å². The summed E-state index contributed by atoms with van der Waals surface area (Å²) in [6.45, 7) is 1.71. The second-order valence-electron chi connectivity index (χ2n) is 11.5. The number of fused-ring (bicyclic) bond motifs is 3. The first-order chi connectivity index (χ1) is 20.7. The Morgan fingerprint density at radius 1 is 0.977 bits per heavy atom. The number of rotatable bonds is 8. The van der Waals surface area contributed by atoms with Crippen molar-refractivity contribution in [2.45, 2.75) is 57.3 Å². The van der Waals surface area contributed by atoms with Gasteiger partial charge in [0, 0.05) is 23.0 Å². The zero-order valence-electron chi connectivity index (χ0n) is 23.9. The Kier molecular flexibility index (Phi) is 7.97. The molecule has 1 aliphatic carbocycles. The summed E-state index contributed by atoms with van der Waals surface area (Å²) >= 11 is 0. The van der Waals surface area contributed by atoms with Crippen LogP contribution in [0.4, 0.5) is 13.2 Å². The number of hydrogen-bond acceptors (Lipinski definition) is 3. The van der Waals surface area contributed by atoms with Gasteiger partial charge in [-0.15, -0.1) is 0 Å². The lowest BCUT2D eigenvalue weighted by Crippen LogP contribution is -2.37. The van der Waals surface area contributed by atoms with Gasteiger partial charge in [-0.1, -0.05) is 85.6 Å². The molecule has 0 aliphatic heterocycles. The second kappa shape index (κ2) is 11.8. The van der Waals surface area contributed by atoms with E-state index in [1.165, 1.54) is 0 Å². The van der Waals surface area contributed by atoms with Crippen LogP contribution in [0.3, 0.4) is 0 Å². The molecule has 2 heterocycles. The quantitative estimate of drug-likeness (QED) is 0.196. The van der Waals surface area contributed by atoms with E-state index in [-0.39, 0.29) is 29.7 Å². The van der Waals surface area contributed by atoms with Crippen LogP contribution in [0.2, 0.25) is 0 Å². The topological polar surface area (TPSA) is 67.2 Å². The number of aryl methyl sites for hydroxylation is 1. The molecule has 0 unspecified atom stereocenters. The summed E-state index contributed by atoms with van der Waals surface area (Å²) in [6.07, 6.45) is -0.427. The zero-order valence-corrected chi connectivity index (χ0v) is 23.9. The molecule has 1 aliphatic rings. The molecule has 1 saturated carbocycles. The lowest BCUT2D eigenvalue weighted by molar-refractivity contribution is -0.136. The third kappa shape index (κ3) is 5.76. The van der Waals surface area contributed by atoms with Gasteiger partial charge in [0.25, 0.3) is 0 Å². The van der Waals surface area contributed by atoms with Crippen molar-refractivity contribution in [3.63, 3.8) is 0 Å². The van der Waals surface area contributed by atoms with Gasteiger partial charge in [-0.25, -0.2) is 4.98 Å². The number of hydrogen-bond donors (Lipinski definition) is 2. The minimum atomic E-state index is -4.51. The number of nitrogens with zero attached hydrogens (tertiary/aromatic N) is 2. The number of aliphatic hydroxyl groups is 1. The summed E-state index contributed by atoms with van der Waals surface area (Å²) in [7, 11) is 0. The van der Waals surface area contributed by atoms with Gasteiger partial charge in [-0.05, 0) is 54.5 Å². The number of aromatic nitrogens is 2. The summed E-state index contributed by atoms with van der Waals surface area (Å²) in [4.78, 5) is 18.3. The number of halogens is 3. The van der Waals surface area contributed by atoms with Crippen molar-refractivity contribution < 1.29 is 23.1 Å². The molecule has 0 spiro atoms. The molecule has 6 rings (SSSR count). The van der Waals surface area contributed by atoms with E-state index >= 15 is 0 Å². The van der Waals surface area contributed by atoms with Gasteiger partial charge in [0.15, 0.2) is 0 Å². The first-order valence-corrected chi connectivity index (χ1v) is 14.8. The molecule has 2 atom stereocenters. The van der Waals surface area contributed by atoms with Crippen LogP contribution in [0.1, 0.15) is 65.6 Å². The van der Waals surface area contributed by atoms with Crippen molar-refractivity contribution in [2.24, 2.45) is 5.92 Å². The van der Waals surface area contributed by atoms with Crippen molar-refractivity contribution >= 4 is 27.8 Å². The monoisotopic (exact) mass is 585 g/mol. The van der Waals surface area contributed by atoms with Crippen molar-refractivity contribution in [1.29, 1.82) is 0 Å². The van der Waals surface area contributed by atoms with Gasteiger partial charge in [0.1, 0.15) is 5.65 Å². The van der Waals surface area contributed by atoms with Crippen molar-refractivity contribution in [2.75, 3.05) is 6.61 Å². The van der Waals surface area contributed by atoms with E-state index < -0.39 is 17.8 Å². The molecule has 1 fully saturated rings. The van der Waals surface area contributed by atoms with Crippen LogP contribution in [-0.2, 0) is 17.5 Å². The summed E-state index contributed by atoms with van der Waals surface area (Å²) in [5.74, 6) is -0.267. The van der Waals surface area contributed by atoms with Gasteiger partial charge in [0.2, 0.25) is 5.91 Å². The molecule has 222 valence electrons. The smallest absolute Gasteiger partial charge is 0.394 e. The highest BCUT2D eigenvalue weighted by molar-refractivity contribution is 6.08. The molecular formula is C35H34F3N3O2. The highest BCUT2D eigenvalue weighted by atomic mass is 19.4. The van der Waals surface area contributed by atoms with Crippen LogP contribution in [-0.4, -0.2) is 27.2 Å². The maximum atomic E-state index is 14.1. The second-order valence-corrected chi connectivity index (χ2v) is 11.5. The fraction of sp³-hybridized carbons (Fsp3) is 0.314. The fourth-order valence-electron chi connectivity index (χ4n) is 6.66. The molecule has 0 bridgehead atoms. The third-order valence-corrected chi connectivity index (χ3v) is 8.69.